The summed E-state index contributed by atoms with van der Waals surface area (Å²) in [5.74, 6) is -0.497. The van der Waals surface area contributed by atoms with E-state index in [1.807, 2.05) is 11.9 Å². The number of carbonyl (C=O) groups is 1. The lowest BCUT2D eigenvalue weighted by Gasteiger charge is -2.21. The molecule has 5 nitrogen and oxygen atoms in total. The minimum absolute atomic E-state index is 0.0960. The first kappa shape index (κ1) is 31.4. The molecule has 198 valence electrons. The van der Waals surface area contributed by atoms with Gasteiger partial charge in [-0.25, -0.2) is 13.8 Å². The molecule has 0 aliphatic carbocycles. The van der Waals surface area contributed by atoms with Crippen LogP contribution in [0.4, 0.5) is 8.78 Å². The Morgan fingerprint density at radius 3 is 2.06 bits per heavy atom. The van der Waals surface area contributed by atoms with Crippen LogP contribution in [0.15, 0.2) is 61.7 Å². The molecule has 1 N–H and O–H groups in total. The van der Waals surface area contributed by atoms with Gasteiger partial charge in [0.25, 0.3) is 12.2 Å². The number of rotatable bonds is 4. The van der Waals surface area contributed by atoms with Crippen LogP contribution in [-0.2, 0) is 0 Å². The molecule has 4 rings (SSSR count). The minimum Gasteiger partial charge on any atom is -0.447 e. The molecule has 2 aliphatic rings. The van der Waals surface area contributed by atoms with E-state index in [0.29, 0.717) is 11.4 Å². The predicted octanol–water partition coefficient (Wildman–Crippen LogP) is 7.41. The average molecular weight is 543 g/mol. The van der Waals surface area contributed by atoms with Crippen molar-refractivity contribution >= 4 is 29.1 Å². The third kappa shape index (κ3) is 10.2. The monoisotopic (exact) mass is 542 g/mol. The third-order valence-corrected chi connectivity index (χ3v) is 5.08. The fourth-order valence-electron chi connectivity index (χ4n) is 3.29. The number of nitrogens with zero attached hydrogens (tertiary/aromatic N) is 1. The topological polar surface area (TPSA) is 50.8 Å². The Morgan fingerprint density at radius 1 is 1.06 bits per heavy atom. The van der Waals surface area contributed by atoms with Crippen molar-refractivity contribution in [2.24, 2.45) is 0 Å². The van der Waals surface area contributed by atoms with E-state index in [-0.39, 0.29) is 22.9 Å². The number of halogens is 4. The molecule has 1 fully saturated rings. The highest BCUT2D eigenvalue weighted by atomic mass is 35.5. The van der Waals surface area contributed by atoms with Gasteiger partial charge in [-0.15, -0.1) is 36.4 Å². The van der Waals surface area contributed by atoms with Crippen molar-refractivity contribution in [3.05, 3.63) is 84.5 Å². The molecule has 0 aromatic heterocycles. The molecule has 36 heavy (non-hydrogen) atoms. The second-order valence-corrected chi connectivity index (χ2v) is 7.90. The predicted molar refractivity (Wildman–Crippen MR) is 143 cm³/mol. The molecule has 2 aliphatic heterocycles. The van der Waals surface area contributed by atoms with E-state index in [2.05, 4.69) is 30.2 Å². The summed E-state index contributed by atoms with van der Waals surface area (Å²) in [5, 5.41) is 1.83. The molecule has 1 amide bonds. The molecular formula is C27H34Cl2F2N2O3. The van der Waals surface area contributed by atoms with Crippen molar-refractivity contribution in [1.29, 1.82) is 0 Å². The van der Waals surface area contributed by atoms with Crippen molar-refractivity contribution in [3.8, 4) is 11.5 Å². The Hall–Kier alpha value is -2.61. The highest BCUT2D eigenvalue weighted by molar-refractivity contribution is 6.18. The van der Waals surface area contributed by atoms with Gasteiger partial charge in [0.2, 0.25) is 0 Å². The van der Waals surface area contributed by atoms with Crippen molar-refractivity contribution in [2.75, 3.05) is 25.4 Å². The van der Waals surface area contributed by atoms with Gasteiger partial charge in [0.1, 0.15) is 11.6 Å². The van der Waals surface area contributed by atoms with Crippen LogP contribution in [-0.4, -0.2) is 36.3 Å². The number of benzene rings is 2. The first-order valence-electron chi connectivity index (χ1n) is 11.5. The van der Waals surface area contributed by atoms with E-state index in [0.717, 1.165) is 44.8 Å². The van der Waals surface area contributed by atoms with E-state index in [1.165, 1.54) is 36.7 Å². The quantitative estimate of drug-likeness (QED) is 0.322. The number of nitrogens with one attached hydrogen (secondary N) is 1. The van der Waals surface area contributed by atoms with Gasteiger partial charge in [0, 0.05) is 37.0 Å². The van der Waals surface area contributed by atoms with Gasteiger partial charge in [0.15, 0.2) is 11.5 Å². The summed E-state index contributed by atoms with van der Waals surface area (Å²) in [6.45, 7) is 10.1. The molecule has 2 aromatic rings. The minimum atomic E-state index is -0.802. The van der Waals surface area contributed by atoms with Crippen molar-refractivity contribution in [3.63, 3.8) is 0 Å². The number of hydrogen-bond acceptors (Lipinski definition) is 4. The number of ether oxygens (including phenoxy) is 2. The highest BCUT2D eigenvalue weighted by Gasteiger charge is 2.29. The SMILES string of the molecule is C=CC.C=CCCl.CCl.O=C(NN1CCCCCC1)c1cc2c(cc1F)OC(c1ccc(F)cc1)O2. The molecule has 1 saturated heterocycles. The summed E-state index contributed by atoms with van der Waals surface area (Å²) in [6, 6.07) is 8.17. The summed E-state index contributed by atoms with van der Waals surface area (Å²) in [4.78, 5) is 12.5. The molecule has 0 spiro atoms. The van der Waals surface area contributed by atoms with Crippen LogP contribution in [0.25, 0.3) is 0 Å². The standard InChI is InChI=1S/C20H20F2N2O3.C3H5Cl.C3H6.CH3Cl/c21-14-7-5-13(6-8-14)20-26-17-11-15(16(22)12-18(17)27-20)19(25)23-24-9-3-1-2-4-10-24;1-2-3-4;1-3-2;1-2/h5-8,11-12,20H,1-4,9-10H2,(H,23,25);2H,1,3H2;3H,1H2,2H3;1H3. The molecular weight excluding hydrogens is 509 g/mol. The van der Waals surface area contributed by atoms with E-state index in [1.54, 1.807) is 12.2 Å². The number of carbonyl (C=O) groups excluding carboxylic acids is 1. The van der Waals surface area contributed by atoms with Crippen molar-refractivity contribution in [2.45, 2.75) is 38.9 Å². The maximum absolute atomic E-state index is 14.4. The zero-order chi connectivity index (χ0) is 26.9. The Kier molecular flexibility index (Phi) is 15.5. The fourth-order valence-corrected chi connectivity index (χ4v) is 3.29. The zero-order valence-corrected chi connectivity index (χ0v) is 22.3. The lowest BCUT2D eigenvalue weighted by Crippen LogP contribution is -2.43. The normalized spacial score (nSPS) is 15.9. The van der Waals surface area contributed by atoms with E-state index in [9.17, 15) is 13.6 Å². The van der Waals surface area contributed by atoms with Crippen LogP contribution in [0.2, 0.25) is 0 Å². The van der Waals surface area contributed by atoms with Crippen LogP contribution in [0, 0.1) is 11.6 Å². The van der Waals surface area contributed by atoms with Gasteiger partial charge in [-0.05, 0) is 50.1 Å². The Balaban J connectivity index is 0.000000633. The van der Waals surface area contributed by atoms with E-state index in [4.69, 9.17) is 21.1 Å². The van der Waals surface area contributed by atoms with Crippen LogP contribution in [0.1, 0.15) is 54.8 Å². The number of fused-ring (bicyclic) bond motifs is 1. The van der Waals surface area contributed by atoms with Gasteiger partial charge in [-0.1, -0.05) is 25.0 Å². The maximum atomic E-state index is 14.4. The molecule has 1 atom stereocenters. The van der Waals surface area contributed by atoms with Crippen LogP contribution >= 0.6 is 23.2 Å². The van der Waals surface area contributed by atoms with Gasteiger partial charge < -0.3 is 9.47 Å². The fraction of sp³-hybridized carbons (Fsp3) is 0.370. The maximum Gasteiger partial charge on any atom is 0.268 e. The van der Waals surface area contributed by atoms with Crippen molar-refractivity contribution in [1.82, 2.24) is 10.4 Å². The number of hydrazine groups is 1. The van der Waals surface area contributed by atoms with Gasteiger partial charge in [0.05, 0.1) is 5.56 Å². The molecule has 0 saturated carbocycles. The summed E-state index contributed by atoms with van der Waals surface area (Å²) in [5.41, 5.74) is 3.28. The first-order chi connectivity index (χ1) is 17.4. The molecule has 2 aromatic carbocycles. The largest absolute Gasteiger partial charge is 0.447 e. The second-order valence-electron chi connectivity index (χ2n) is 7.59. The Bertz CT molecular complexity index is 951. The third-order valence-electron chi connectivity index (χ3n) is 4.86. The van der Waals surface area contributed by atoms with Crippen LogP contribution in [0.5, 0.6) is 11.5 Å². The van der Waals surface area contributed by atoms with Gasteiger partial charge in [-0.2, -0.15) is 0 Å². The Morgan fingerprint density at radius 2 is 1.56 bits per heavy atom. The average Bonchev–Trinajstić information content (AvgIpc) is 3.12. The first-order valence-corrected chi connectivity index (χ1v) is 12.8. The summed E-state index contributed by atoms with van der Waals surface area (Å²) < 4.78 is 38.8. The highest BCUT2D eigenvalue weighted by Crippen LogP contribution is 2.41. The van der Waals surface area contributed by atoms with Crippen LogP contribution < -0.4 is 14.9 Å². The smallest absolute Gasteiger partial charge is 0.268 e. The number of alkyl halides is 2. The van der Waals surface area contributed by atoms with Crippen molar-refractivity contribution < 1.29 is 23.0 Å². The summed E-state index contributed by atoms with van der Waals surface area (Å²) >= 11 is 9.71. The number of allylic oxidation sites excluding steroid dienone is 2. The number of hydrogen-bond donors (Lipinski definition) is 1. The second kappa shape index (κ2) is 17.8. The van der Waals surface area contributed by atoms with E-state index < -0.39 is 18.0 Å². The lowest BCUT2D eigenvalue weighted by atomic mass is 10.2. The lowest BCUT2D eigenvalue weighted by molar-refractivity contribution is 0.0485. The summed E-state index contributed by atoms with van der Waals surface area (Å²) in [6.07, 6.45) is 8.34. The van der Waals surface area contributed by atoms with Gasteiger partial charge >= 0.3 is 0 Å². The van der Waals surface area contributed by atoms with Gasteiger partial charge in [-0.3, -0.25) is 10.2 Å². The molecule has 1 unspecified atom stereocenters. The molecule has 9 heteroatoms. The molecule has 0 bridgehead atoms. The summed E-state index contributed by atoms with van der Waals surface area (Å²) in [7, 11) is 0. The Labute approximate surface area is 222 Å². The number of amides is 1. The molecule has 2 heterocycles. The molecule has 0 radical (unpaired) electrons. The van der Waals surface area contributed by atoms with E-state index >= 15 is 0 Å². The zero-order valence-electron chi connectivity index (χ0n) is 20.7. The van der Waals surface area contributed by atoms with Crippen LogP contribution in [0.3, 0.4) is 0 Å².